The van der Waals surface area contributed by atoms with Gasteiger partial charge in [0.25, 0.3) is 0 Å². The normalized spacial score (nSPS) is 19.6. The Morgan fingerprint density at radius 2 is 2.05 bits per heavy atom. The number of aromatic nitrogens is 1. The molecule has 0 spiro atoms. The van der Waals surface area contributed by atoms with Gasteiger partial charge >= 0.3 is 0 Å². The van der Waals surface area contributed by atoms with Crippen molar-refractivity contribution in [2.24, 2.45) is 10.3 Å². The molecule has 0 amide bonds. The monoisotopic (exact) mass is 278 g/mol. The van der Waals surface area contributed by atoms with Crippen LogP contribution >= 0.6 is 0 Å². The van der Waals surface area contributed by atoms with E-state index in [0.29, 0.717) is 5.92 Å². The second-order valence-electron chi connectivity index (χ2n) is 6.11. The minimum atomic E-state index is -1.15. The van der Waals surface area contributed by atoms with Crippen LogP contribution in [0.3, 0.4) is 0 Å². The van der Waals surface area contributed by atoms with E-state index in [1.54, 1.807) is 0 Å². The molecule has 1 fully saturated rings. The summed E-state index contributed by atoms with van der Waals surface area (Å²) in [5.41, 5.74) is 1.32. The van der Waals surface area contributed by atoms with Crippen molar-refractivity contribution >= 4 is 17.6 Å². The number of hydrogen-bond donors (Lipinski definition) is 0. The predicted octanol–water partition coefficient (Wildman–Crippen LogP) is 3.50. The molecule has 4 heteroatoms. The number of hydrogen-bond acceptors (Lipinski definition) is 3. The van der Waals surface area contributed by atoms with Crippen molar-refractivity contribution in [2.45, 2.75) is 50.7 Å². The molecule has 1 aliphatic carbocycles. The minimum absolute atomic E-state index is 0.276. The maximum atomic E-state index is 11.9. The van der Waals surface area contributed by atoms with Crippen LogP contribution in [0.4, 0.5) is 0 Å². The van der Waals surface area contributed by atoms with Crippen LogP contribution in [-0.2, 0) is 11.4 Å². The van der Waals surface area contributed by atoms with Crippen LogP contribution in [-0.4, -0.2) is 20.5 Å². The molecule has 19 heavy (non-hydrogen) atoms. The molecule has 0 aliphatic heterocycles. The molecule has 2 atom stereocenters. The molecule has 1 unspecified atom stereocenters. The van der Waals surface area contributed by atoms with E-state index in [-0.39, 0.29) is 4.75 Å². The quantitative estimate of drug-likeness (QED) is 0.611. The van der Waals surface area contributed by atoms with Crippen molar-refractivity contribution in [1.29, 1.82) is 0 Å². The zero-order chi connectivity index (χ0) is 13.9. The largest absolute Gasteiger partial charge is 0.591 e. The van der Waals surface area contributed by atoms with Crippen molar-refractivity contribution in [1.82, 2.24) is 4.98 Å². The first-order valence-corrected chi connectivity index (χ1v) is 7.93. The standard InChI is InChI=1S/C15H22N2OS/c1-15(2,3)19(18)17-11-8-14(12-4-5-12)13-6-9-16-10-7-13/h6-7,9-12,14H,4-5,8H2,1-3H3/t14-,19?/m0/s1. The minimum Gasteiger partial charge on any atom is -0.591 e. The lowest BCUT2D eigenvalue weighted by atomic mass is 9.92. The van der Waals surface area contributed by atoms with E-state index in [0.717, 1.165) is 12.3 Å². The first-order chi connectivity index (χ1) is 8.98. The van der Waals surface area contributed by atoms with Crippen LogP contribution in [0.25, 0.3) is 0 Å². The van der Waals surface area contributed by atoms with E-state index in [4.69, 9.17) is 0 Å². The van der Waals surface area contributed by atoms with Crippen LogP contribution in [0, 0.1) is 5.92 Å². The van der Waals surface area contributed by atoms with E-state index in [2.05, 4.69) is 21.5 Å². The molecular weight excluding hydrogens is 256 g/mol. The molecule has 1 saturated carbocycles. The third kappa shape index (κ3) is 4.32. The average molecular weight is 278 g/mol. The van der Waals surface area contributed by atoms with E-state index in [9.17, 15) is 4.55 Å². The molecule has 1 aromatic heterocycles. The van der Waals surface area contributed by atoms with Crippen molar-refractivity contribution in [3.8, 4) is 0 Å². The van der Waals surface area contributed by atoms with Crippen molar-refractivity contribution in [3.63, 3.8) is 0 Å². The zero-order valence-corrected chi connectivity index (χ0v) is 12.7. The first-order valence-electron chi connectivity index (χ1n) is 6.83. The molecule has 3 nitrogen and oxygen atoms in total. The molecule has 1 aromatic rings. The van der Waals surface area contributed by atoms with Crippen LogP contribution in [0.5, 0.6) is 0 Å². The first kappa shape index (κ1) is 14.5. The fraction of sp³-hybridized carbons (Fsp3) is 0.600. The summed E-state index contributed by atoms with van der Waals surface area (Å²) in [6.07, 6.45) is 9.00. The highest BCUT2D eigenvalue weighted by atomic mass is 32.2. The maximum Gasteiger partial charge on any atom is 0.144 e. The van der Waals surface area contributed by atoms with Gasteiger partial charge in [0.05, 0.1) is 6.21 Å². The lowest BCUT2D eigenvalue weighted by Gasteiger charge is -2.18. The summed E-state index contributed by atoms with van der Waals surface area (Å²) < 4.78 is 15.8. The van der Waals surface area contributed by atoms with E-state index >= 15 is 0 Å². The SMILES string of the molecule is CC(C)(C)[S+]([O-])N=CC[C@H](c1ccncc1)C1CC1. The van der Waals surface area contributed by atoms with Crippen LogP contribution < -0.4 is 0 Å². The van der Waals surface area contributed by atoms with E-state index < -0.39 is 11.4 Å². The van der Waals surface area contributed by atoms with Gasteiger partial charge in [-0.15, -0.1) is 0 Å². The lowest BCUT2D eigenvalue weighted by molar-refractivity contribution is 0.561. The van der Waals surface area contributed by atoms with Gasteiger partial charge in [0, 0.05) is 12.4 Å². The number of rotatable bonds is 5. The molecule has 2 rings (SSSR count). The van der Waals surface area contributed by atoms with Crippen LogP contribution in [0.2, 0.25) is 0 Å². The highest BCUT2D eigenvalue weighted by Crippen LogP contribution is 2.44. The van der Waals surface area contributed by atoms with Gasteiger partial charge < -0.3 is 4.55 Å². The molecule has 0 radical (unpaired) electrons. The van der Waals surface area contributed by atoms with Crippen LogP contribution in [0.1, 0.15) is 51.5 Å². The second-order valence-corrected chi connectivity index (χ2v) is 8.04. The van der Waals surface area contributed by atoms with E-state index in [1.807, 2.05) is 39.4 Å². The Bertz CT molecular complexity index is 424. The Kier molecular flexibility index (Phi) is 4.63. The summed E-state index contributed by atoms with van der Waals surface area (Å²) >= 11 is -1.15. The average Bonchev–Trinajstić information content (AvgIpc) is 3.18. The molecule has 0 saturated heterocycles. The van der Waals surface area contributed by atoms with Crippen molar-refractivity contribution < 1.29 is 4.55 Å². The molecule has 104 valence electrons. The van der Waals surface area contributed by atoms with Crippen molar-refractivity contribution in [2.75, 3.05) is 0 Å². The van der Waals surface area contributed by atoms with Gasteiger partial charge in [-0.25, -0.2) is 0 Å². The van der Waals surface area contributed by atoms with Gasteiger partial charge in [0.2, 0.25) is 0 Å². The van der Waals surface area contributed by atoms with Gasteiger partial charge in [0.15, 0.2) is 0 Å². The summed E-state index contributed by atoms with van der Waals surface area (Å²) in [7, 11) is 0. The van der Waals surface area contributed by atoms with Gasteiger partial charge in [0.1, 0.15) is 16.1 Å². The number of nitrogens with zero attached hydrogens (tertiary/aromatic N) is 2. The van der Waals surface area contributed by atoms with Gasteiger partial charge in [-0.2, -0.15) is 0 Å². The Morgan fingerprint density at radius 3 is 2.58 bits per heavy atom. The molecular formula is C15H22N2OS. The summed E-state index contributed by atoms with van der Waals surface area (Å²) in [4.78, 5) is 4.07. The van der Waals surface area contributed by atoms with Gasteiger partial charge in [-0.05, 0) is 69.6 Å². The highest BCUT2D eigenvalue weighted by Gasteiger charge is 2.32. The summed E-state index contributed by atoms with van der Waals surface area (Å²) in [6, 6.07) is 4.16. The zero-order valence-electron chi connectivity index (χ0n) is 11.9. The third-order valence-corrected chi connectivity index (χ3v) is 4.77. The predicted molar refractivity (Wildman–Crippen MR) is 80.7 cm³/mol. The molecule has 0 aromatic carbocycles. The Labute approximate surface area is 118 Å². The number of pyridine rings is 1. The summed E-state index contributed by atoms with van der Waals surface area (Å²) in [6.45, 7) is 5.84. The Hall–Kier alpha value is -0.870. The molecule has 0 bridgehead atoms. The lowest BCUT2D eigenvalue weighted by Crippen LogP contribution is -2.25. The highest BCUT2D eigenvalue weighted by molar-refractivity contribution is 7.91. The van der Waals surface area contributed by atoms with Crippen LogP contribution in [0.15, 0.2) is 28.9 Å². The molecule has 1 heterocycles. The Balaban J connectivity index is 1.97. The smallest absolute Gasteiger partial charge is 0.144 e. The molecule has 1 aliphatic rings. The van der Waals surface area contributed by atoms with Crippen molar-refractivity contribution in [3.05, 3.63) is 30.1 Å². The maximum absolute atomic E-state index is 11.9. The Morgan fingerprint density at radius 1 is 1.42 bits per heavy atom. The fourth-order valence-electron chi connectivity index (χ4n) is 2.09. The van der Waals surface area contributed by atoms with Gasteiger partial charge in [-0.1, -0.05) is 4.40 Å². The second kappa shape index (κ2) is 6.06. The summed E-state index contributed by atoms with van der Waals surface area (Å²) in [5.74, 6) is 1.26. The summed E-state index contributed by atoms with van der Waals surface area (Å²) in [5, 5.41) is 0. The van der Waals surface area contributed by atoms with Gasteiger partial charge in [-0.3, -0.25) is 4.98 Å². The molecule has 0 N–H and O–H groups in total. The van der Waals surface area contributed by atoms with E-state index in [1.165, 1.54) is 18.4 Å². The topological polar surface area (TPSA) is 48.3 Å². The third-order valence-electron chi connectivity index (χ3n) is 3.38. The fourth-order valence-corrected chi connectivity index (χ4v) is 2.63.